The van der Waals surface area contributed by atoms with Crippen LogP contribution in [0.5, 0.6) is 0 Å². The summed E-state index contributed by atoms with van der Waals surface area (Å²) >= 11 is 1.45. The molecular weight excluding hydrogens is 396 g/mol. The molecule has 0 spiro atoms. The molecule has 0 saturated heterocycles. The van der Waals surface area contributed by atoms with Crippen molar-refractivity contribution in [3.63, 3.8) is 0 Å². The highest BCUT2D eigenvalue weighted by molar-refractivity contribution is 7.90. The fourth-order valence-corrected chi connectivity index (χ4v) is 5.07. The zero-order valence-electron chi connectivity index (χ0n) is 15.5. The summed E-state index contributed by atoms with van der Waals surface area (Å²) in [4.78, 5) is 24.5. The van der Waals surface area contributed by atoms with Gasteiger partial charge < -0.3 is 5.32 Å². The molecule has 8 heteroatoms. The van der Waals surface area contributed by atoms with Crippen LogP contribution in [0.25, 0.3) is 10.1 Å². The summed E-state index contributed by atoms with van der Waals surface area (Å²) in [5, 5.41) is 3.92. The van der Waals surface area contributed by atoms with Crippen molar-refractivity contribution < 1.29 is 18.0 Å². The van der Waals surface area contributed by atoms with Crippen molar-refractivity contribution in [2.75, 3.05) is 5.32 Å². The Hall–Kier alpha value is -2.71. The van der Waals surface area contributed by atoms with Crippen molar-refractivity contribution in [3.8, 4) is 0 Å². The molecule has 0 unspecified atom stereocenters. The first-order chi connectivity index (χ1) is 13.3. The van der Waals surface area contributed by atoms with E-state index in [1.165, 1.54) is 35.6 Å². The Bertz CT molecular complexity index is 1130. The van der Waals surface area contributed by atoms with E-state index < -0.39 is 15.9 Å². The number of thiophene rings is 1. The summed E-state index contributed by atoms with van der Waals surface area (Å²) in [6, 6.07) is 13.6. The highest BCUT2D eigenvalue weighted by Crippen LogP contribution is 2.32. The second kappa shape index (κ2) is 8.12. The molecule has 146 valence electrons. The molecule has 2 aromatic carbocycles. The van der Waals surface area contributed by atoms with E-state index in [0.29, 0.717) is 10.6 Å². The highest BCUT2D eigenvalue weighted by Gasteiger charge is 2.19. The van der Waals surface area contributed by atoms with Crippen LogP contribution in [0.3, 0.4) is 0 Å². The van der Waals surface area contributed by atoms with Gasteiger partial charge in [0.1, 0.15) is 0 Å². The van der Waals surface area contributed by atoms with Crippen LogP contribution in [-0.2, 0) is 21.2 Å². The third kappa shape index (κ3) is 4.23. The maximum atomic E-state index is 12.8. The average Bonchev–Trinajstić information content (AvgIpc) is 3.00. The van der Waals surface area contributed by atoms with Gasteiger partial charge in [0.05, 0.1) is 9.77 Å². The van der Waals surface area contributed by atoms with E-state index in [9.17, 15) is 18.0 Å². The summed E-state index contributed by atoms with van der Waals surface area (Å²) in [6.07, 6.45) is 1.73. The van der Waals surface area contributed by atoms with Gasteiger partial charge in [0, 0.05) is 17.3 Å². The molecule has 3 aromatic rings. The van der Waals surface area contributed by atoms with E-state index >= 15 is 0 Å². The van der Waals surface area contributed by atoms with E-state index in [1.54, 1.807) is 0 Å². The van der Waals surface area contributed by atoms with Gasteiger partial charge in [-0.1, -0.05) is 31.5 Å². The van der Waals surface area contributed by atoms with E-state index in [1.807, 2.05) is 29.0 Å². The molecule has 0 atom stereocenters. The fraction of sp³-hybridized carbons (Fsp3) is 0.200. The van der Waals surface area contributed by atoms with Gasteiger partial charge in [-0.3, -0.25) is 9.59 Å². The normalized spacial score (nSPS) is 11.4. The standard InChI is InChI=1S/C20H20N2O4S2/c1-3-6-17-16-7-4-5-8-18(16)27-19(17)20(24)21-14-9-11-15(12-10-14)28(25,26)22-13(2)23/h4-5,7-12H,3,6H2,1-2H3,(H,21,24)(H,22,23). The molecule has 0 bridgehead atoms. The molecule has 6 nitrogen and oxygen atoms in total. The third-order valence-corrected chi connectivity index (χ3v) is 6.77. The smallest absolute Gasteiger partial charge is 0.266 e. The average molecular weight is 417 g/mol. The van der Waals surface area contributed by atoms with Gasteiger partial charge in [0.25, 0.3) is 15.9 Å². The van der Waals surface area contributed by atoms with Gasteiger partial charge in [-0.05, 0) is 47.7 Å². The van der Waals surface area contributed by atoms with Crippen molar-refractivity contribution >= 4 is 48.9 Å². The molecule has 2 N–H and O–H groups in total. The molecule has 28 heavy (non-hydrogen) atoms. The largest absolute Gasteiger partial charge is 0.321 e. The second-order valence-corrected chi connectivity index (χ2v) is 9.03. The number of benzene rings is 2. The molecule has 1 aromatic heterocycles. The molecule has 3 rings (SSSR count). The Balaban J connectivity index is 1.85. The van der Waals surface area contributed by atoms with Gasteiger partial charge >= 0.3 is 0 Å². The maximum Gasteiger partial charge on any atom is 0.266 e. The minimum Gasteiger partial charge on any atom is -0.321 e. The highest BCUT2D eigenvalue weighted by atomic mass is 32.2. The van der Waals surface area contributed by atoms with Crippen molar-refractivity contribution in [3.05, 3.63) is 59.0 Å². The number of sulfonamides is 1. The molecule has 1 heterocycles. The van der Waals surface area contributed by atoms with E-state index in [2.05, 4.69) is 12.2 Å². The van der Waals surface area contributed by atoms with Crippen LogP contribution < -0.4 is 10.0 Å². The van der Waals surface area contributed by atoms with E-state index in [4.69, 9.17) is 0 Å². The number of carbonyl (C=O) groups is 2. The second-order valence-electron chi connectivity index (χ2n) is 6.30. The first kappa shape index (κ1) is 20.0. The summed E-state index contributed by atoms with van der Waals surface area (Å²) in [5.41, 5.74) is 1.51. The van der Waals surface area contributed by atoms with E-state index in [0.717, 1.165) is 35.4 Å². The van der Waals surface area contributed by atoms with Crippen molar-refractivity contribution in [2.24, 2.45) is 0 Å². The Morgan fingerprint density at radius 3 is 2.36 bits per heavy atom. The van der Waals surface area contributed by atoms with Gasteiger partial charge in [0.2, 0.25) is 5.91 Å². The first-order valence-electron chi connectivity index (χ1n) is 8.77. The quantitative estimate of drug-likeness (QED) is 0.637. The predicted molar refractivity (Wildman–Crippen MR) is 111 cm³/mol. The molecule has 2 amide bonds. The summed E-state index contributed by atoms with van der Waals surface area (Å²) in [7, 11) is -3.90. The maximum absolute atomic E-state index is 12.8. The number of hydrogen-bond donors (Lipinski definition) is 2. The van der Waals surface area contributed by atoms with Crippen LogP contribution >= 0.6 is 11.3 Å². The molecule has 0 saturated carbocycles. The minimum absolute atomic E-state index is 0.0470. The number of nitrogens with one attached hydrogen (secondary N) is 2. The van der Waals surface area contributed by atoms with Gasteiger partial charge in [-0.2, -0.15) is 0 Å². The lowest BCUT2D eigenvalue weighted by Crippen LogP contribution is -2.28. The van der Waals surface area contributed by atoms with Crippen molar-refractivity contribution in [1.82, 2.24) is 4.72 Å². The SMILES string of the molecule is CCCc1c(C(=O)Nc2ccc(S(=O)(=O)NC(C)=O)cc2)sc2ccccc12. The topological polar surface area (TPSA) is 92.3 Å². The van der Waals surface area contributed by atoms with Crippen molar-refractivity contribution in [2.45, 2.75) is 31.6 Å². The monoisotopic (exact) mass is 416 g/mol. The number of aryl methyl sites for hydroxylation is 1. The Kier molecular flexibility index (Phi) is 5.81. The Morgan fingerprint density at radius 2 is 1.71 bits per heavy atom. The molecule has 0 fully saturated rings. The molecular formula is C20H20N2O4S2. The minimum atomic E-state index is -3.90. The zero-order valence-corrected chi connectivity index (χ0v) is 17.1. The number of fused-ring (bicyclic) bond motifs is 1. The Labute approximate surface area is 167 Å². The van der Waals surface area contributed by atoms with E-state index in [-0.39, 0.29) is 10.8 Å². The van der Waals surface area contributed by atoms with Gasteiger partial charge in [-0.25, -0.2) is 13.1 Å². The lowest BCUT2D eigenvalue weighted by Gasteiger charge is -2.08. The zero-order chi connectivity index (χ0) is 20.3. The van der Waals surface area contributed by atoms with Crippen LogP contribution in [-0.4, -0.2) is 20.2 Å². The first-order valence-corrected chi connectivity index (χ1v) is 11.1. The number of carbonyl (C=O) groups excluding carboxylic acids is 2. The van der Waals surface area contributed by atoms with Crippen LogP contribution in [0.1, 0.15) is 35.5 Å². The molecule has 0 aliphatic rings. The van der Waals surface area contributed by atoms with Crippen LogP contribution in [0.2, 0.25) is 0 Å². The molecule has 0 aliphatic carbocycles. The number of rotatable bonds is 6. The van der Waals surface area contributed by atoms with Crippen LogP contribution in [0.4, 0.5) is 5.69 Å². The van der Waals surface area contributed by atoms with Crippen molar-refractivity contribution in [1.29, 1.82) is 0 Å². The fourth-order valence-electron chi connectivity index (χ4n) is 2.93. The Morgan fingerprint density at radius 1 is 1.04 bits per heavy atom. The summed E-state index contributed by atoms with van der Waals surface area (Å²) in [6.45, 7) is 3.20. The molecule has 0 radical (unpaired) electrons. The number of anilines is 1. The van der Waals surface area contributed by atoms with Gasteiger partial charge in [-0.15, -0.1) is 11.3 Å². The summed E-state index contributed by atoms with van der Waals surface area (Å²) in [5.74, 6) is -0.882. The third-order valence-electron chi connectivity index (χ3n) is 4.11. The van der Waals surface area contributed by atoms with Gasteiger partial charge in [0.15, 0.2) is 0 Å². The number of amides is 2. The summed E-state index contributed by atoms with van der Waals surface area (Å²) < 4.78 is 27.0. The van der Waals surface area contributed by atoms with Crippen LogP contribution in [0.15, 0.2) is 53.4 Å². The molecule has 0 aliphatic heterocycles. The number of hydrogen-bond acceptors (Lipinski definition) is 5. The lowest BCUT2D eigenvalue weighted by atomic mass is 10.1. The predicted octanol–water partition coefficient (Wildman–Crippen LogP) is 3.93. The van der Waals surface area contributed by atoms with Crippen LogP contribution in [0, 0.1) is 0 Å². The lowest BCUT2D eigenvalue weighted by molar-refractivity contribution is -0.117.